The molecule has 0 saturated carbocycles. The minimum Gasteiger partial charge on any atom is -0.465 e. The van der Waals surface area contributed by atoms with Crippen molar-refractivity contribution in [3.63, 3.8) is 0 Å². The largest absolute Gasteiger partial charge is 0.465 e. The molecule has 1 spiro atoms. The molecule has 0 N–H and O–H groups in total. The first-order chi connectivity index (χ1) is 16.1. The van der Waals surface area contributed by atoms with Crippen LogP contribution >= 0.6 is 0 Å². The van der Waals surface area contributed by atoms with Gasteiger partial charge in [0.05, 0.1) is 39.5 Å². The normalized spacial score (nSPS) is 22.3. The highest BCUT2D eigenvalue weighted by Crippen LogP contribution is 2.48. The smallest absolute Gasteiger partial charge is 0.344 e. The molecule has 0 bridgehead atoms. The Balaban J connectivity index is 3.13. The predicted octanol–water partition coefficient (Wildman–Crippen LogP) is 1.42. The molecule has 2 rings (SSSR count). The van der Waals surface area contributed by atoms with Crippen molar-refractivity contribution in [3.05, 3.63) is 22.3 Å². The molecule has 2 aliphatic heterocycles. The second kappa shape index (κ2) is 9.51. The number of aliphatic imine (C=N–C) groups is 2. The van der Waals surface area contributed by atoms with Crippen molar-refractivity contribution in [1.82, 2.24) is 0 Å². The highest BCUT2D eigenvalue weighted by atomic mass is 16.7. The maximum absolute atomic E-state index is 13.1. The monoisotopic (exact) mass is 494 g/mol. The fourth-order valence-corrected chi connectivity index (χ4v) is 3.29. The molecule has 0 aromatic heterocycles. The van der Waals surface area contributed by atoms with Gasteiger partial charge in [0.15, 0.2) is 0 Å². The number of hydrogen-bond donors (Lipinski definition) is 0. The summed E-state index contributed by atoms with van der Waals surface area (Å²) in [5, 5.41) is 0. The van der Waals surface area contributed by atoms with Crippen LogP contribution in [-0.2, 0) is 47.6 Å². The summed E-state index contributed by atoms with van der Waals surface area (Å²) in [7, 11) is 4.28. The first-order valence-electron chi connectivity index (χ1n) is 10.5. The van der Waals surface area contributed by atoms with Crippen LogP contribution in [0.5, 0.6) is 0 Å². The van der Waals surface area contributed by atoms with E-state index in [1.807, 2.05) is 0 Å². The van der Waals surface area contributed by atoms with Crippen LogP contribution in [0.4, 0.5) is 0 Å². The first kappa shape index (κ1) is 27.5. The fourth-order valence-electron chi connectivity index (χ4n) is 3.29. The van der Waals surface area contributed by atoms with Gasteiger partial charge < -0.3 is 28.4 Å². The minimum atomic E-state index is -2.50. The highest BCUT2D eigenvalue weighted by molar-refractivity contribution is 6.29. The lowest BCUT2D eigenvalue weighted by atomic mass is 9.93. The van der Waals surface area contributed by atoms with Crippen molar-refractivity contribution in [1.29, 1.82) is 0 Å². The number of hydrogen-bond acceptors (Lipinski definition) is 12. The van der Waals surface area contributed by atoms with E-state index in [1.165, 1.54) is 0 Å². The summed E-state index contributed by atoms with van der Waals surface area (Å²) in [5.74, 6) is -7.47. The summed E-state index contributed by atoms with van der Waals surface area (Å²) in [6.07, 6.45) is 0. The Kier molecular flexibility index (Phi) is 7.48. The van der Waals surface area contributed by atoms with E-state index >= 15 is 0 Å². The van der Waals surface area contributed by atoms with Gasteiger partial charge in [0.25, 0.3) is 0 Å². The zero-order valence-corrected chi connectivity index (χ0v) is 21.5. The summed E-state index contributed by atoms with van der Waals surface area (Å²) in [4.78, 5) is 60.6. The average molecular weight is 494 g/mol. The average Bonchev–Trinajstić information content (AvgIpc) is 3.22. The summed E-state index contributed by atoms with van der Waals surface area (Å²) in [5.41, 5.74) is -3.68. The molecule has 0 amide bonds. The van der Waals surface area contributed by atoms with Crippen molar-refractivity contribution >= 4 is 35.7 Å². The fraction of sp³-hybridized carbons (Fsp3) is 0.565. The van der Waals surface area contributed by atoms with Gasteiger partial charge in [-0.2, -0.15) is 0 Å². The zero-order valence-electron chi connectivity index (χ0n) is 21.5. The lowest BCUT2D eigenvalue weighted by Gasteiger charge is -2.27. The second-order valence-electron chi connectivity index (χ2n) is 9.46. The van der Waals surface area contributed by atoms with Crippen LogP contribution in [0.25, 0.3) is 0 Å². The van der Waals surface area contributed by atoms with E-state index < -0.39 is 63.0 Å². The molecule has 0 saturated heterocycles. The summed E-state index contributed by atoms with van der Waals surface area (Å²) >= 11 is 0. The molecule has 0 unspecified atom stereocenters. The van der Waals surface area contributed by atoms with Gasteiger partial charge in [-0.05, 0) is 41.5 Å². The van der Waals surface area contributed by atoms with Crippen LogP contribution in [-0.4, -0.2) is 81.0 Å². The van der Waals surface area contributed by atoms with Crippen molar-refractivity contribution in [3.8, 4) is 0 Å². The molecule has 12 nitrogen and oxygen atoms in total. The van der Waals surface area contributed by atoms with Gasteiger partial charge in [0, 0.05) is 0 Å². The van der Waals surface area contributed by atoms with Crippen molar-refractivity contribution in [2.75, 3.05) is 28.4 Å². The van der Waals surface area contributed by atoms with Crippen molar-refractivity contribution in [2.24, 2.45) is 9.98 Å². The number of methoxy groups -OCH3 is 4. The summed E-state index contributed by atoms with van der Waals surface area (Å²) in [6.45, 7) is 10.2. The lowest BCUT2D eigenvalue weighted by Crippen LogP contribution is -2.41. The van der Waals surface area contributed by atoms with Crippen LogP contribution in [0.2, 0.25) is 0 Å². The van der Waals surface area contributed by atoms with E-state index in [4.69, 9.17) is 28.4 Å². The van der Waals surface area contributed by atoms with E-state index in [0.717, 1.165) is 28.4 Å². The molecule has 0 atom stereocenters. The first-order valence-corrected chi connectivity index (χ1v) is 10.5. The molecule has 35 heavy (non-hydrogen) atoms. The van der Waals surface area contributed by atoms with Gasteiger partial charge in [-0.15, -0.1) is 0 Å². The van der Waals surface area contributed by atoms with Crippen molar-refractivity contribution < 1.29 is 47.6 Å². The lowest BCUT2D eigenvalue weighted by molar-refractivity contribution is -0.148. The Labute approximate surface area is 202 Å². The van der Waals surface area contributed by atoms with Crippen LogP contribution in [0.1, 0.15) is 41.5 Å². The molecule has 0 aliphatic carbocycles. The Morgan fingerprint density at radius 1 is 0.600 bits per heavy atom. The van der Waals surface area contributed by atoms with Gasteiger partial charge in [-0.3, -0.25) is 0 Å². The Morgan fingerprint density at radius 2 is 0.886 bits per heavy atom. The molecular formula is C23H30N2O10. The highest BCUT2D eigenvalue weighted by Gasteiger charge is 2.66. The molecule has 192 valence electrons. The van der Waals surface area contributed by atoms with Gasteiger partial charge in [-0.25, -0.2) is 29.2 Å². The van der Waals surface area contributed by atoms with Gasteiger partial charge in [0.2, 0.25) is 11.8 Å². The van der Waals surface area contributed by atoms with Crippen LogP contribution in [0.15, 0.2) is 32.3 Å². The third-order valence-corrected chi connectivity index (χ3v) is 4.50. The Morgan fingerprint density at radius 3 is 1.11 bits per heavy atom. The quantitative estimate of drug-likeness (QED) is 0.415. The van der Waals surface area contributed by atoms with E-state index in [-0.39, 0.29) is 11.8 Å². The summed E-state index contributed by atoms with van der Waals surface area (Å²) in [6, 6.07) is 0. The number of ether oxygens (including phenoxy) is 6. The number of rotatable bonds is 4. The molecule has 0 radical (unpaired) electrons. The Hall–Kier alpha value is -3.70. The van der Waals surface area contributed by atoms with E-state index in [9.17, 15) is 19.2 Å². The standard InChI is InChI=1S/C23H30N2O10/c1-21(2,3)24-15-11(17(26)30-7)13(19(28)32-9)23(34-15)14(20(29)33-10)12(18(27)31-8)16(35-23)25-22(4,5)6/h1-10H3. The van der Waals surface area contributed by atoms with E-state index in [0.29, 0.717) is 0 Å². The van der Waals surface area contributed by atoms with Crippen LogP contribution < -0.4 is 0 Å². The number of nitrogens with zero attached hydrogens (tertiary/aromatic N) is 2. The maximum atomic E-state index is 13.1. The molecule has 0 fully saturated rings. The second-order valence-corrected chi connectivity index (χ2v) is 9.46. The SMILES string of the molecule is COC(=O)C1=C(C(=O)OC)C2(OC1=NC(C)(C)C)OC(=NC(C)(C)C)C(C(=O)OC)=C2C(=O)OC. The topological polar surface area (TPSA) is 148 Å². The Bertz CT molecular complexity index is 995. The molecule has 12 heteroatoms. The predicted molar refractivity (Wildman–Crippen MR) is 121 cm³/mol. The number of carbonyl (C=O) groups excluding carboxylic acids is 4. The van der Waals surface area contributed by atoms with E-state index in [2.05, 4.69) is 9.98 Å². The third-order valence-electron chi connectivity index (χ3n) is 4.50. The summed E-state index contributed by atoms with van der Waals surface area (Å²) < 4.78 is 31.4. The van der Waals surface area contributed by atoms with E-state index in [1.54, 1.807) is 41.5 Å². The van der Waals surface area contributed by atoms with Crippen molar-refractivity contribution in [2.45, 2.75) is 58.4 Å². The van der Waals surface area contributed by atoms with Gasteiger partial charge in [0.1, 0.15) is 22.3 Å². The van der Waals surface area contributed by atoms with Gasteiger partial charge in [-0.1, -0.05) is 0 Å². The maximum Gasteiger partial charge on any atom is 0.344 e. The number of carbonyl (C=O) groups is 4. The van der Waals surface area contributed by atoms with Crippen LogP contribution in [0, 0.1) is 0 Å². The number of esters is 4. The minimum absolute atomic E-state index is 0.368. The molecular weight excluding hydrogens is 464 g/mol. The third kappa shape index (κ3) is 5.20. The van der Waals surface area contributed by atoms with Crippen LogP contribution in [0.3, 0.4) is 0 Å². The molecule has 2 aliphatic rings. The molecule has 2 heterocycles. The molecule has 0 aromatic carbocycles. The molecule has 0 aromatic rings. The zero-order chi connectivity index (χ0) is 26.9. The van der Waals surface area contributed by atoms with Gasteiger partial charge >= 0.3 is 29.7 Å².